The second kappa shape index (κ2) is 6.15. The first-order valence-electron chi connectivity index (χ1n) is 5.54. The van der Waals surface area contributed by atoms with E-state index in [0.717, 1.165) is 21.3 Å². The highest BCUT2D eigenvalue weighted by Crippen LogP contribution is 2.26. The van der Waals surface area contributed by atoms with Crippen molar-refractivity contribution in [3.8, 4) is 0 Å². The van der Waals surface area contributed by atoms with Crippen molar-refractivity contribution in [2.45, 2.75) is 12.5 Å². The Morgan fingerprint density at radius 2 is 1.74 bits per heavy atom. The van der Waals surface area contributed by atoms with Crippen molar-refractivity contribution in [3.05, 3.63) is 67.8 Å². The Morgan fingerprint density at radius 1 is 1.11 bits per heavy atom. The maximum Gasteiger partial charge on any atom is 0.142 e. The number of benzene rings is 2. The van der Waals surface area contributed by atoms with E-state index in [-0.39, 0.29) is 17.0 Å². The summed E-state index contributed by atoms with van der Waals surface area (Å²) in [6, 6.07) is 9.28. The third-order valence-electron chi connectivity index (χ3n) is 2.74. The molecule has 0 aliphatic heterocycles. The second-order valence-corrected chi connectivity index (χ2v) is 5.79. The highest BCUT2D eigenvalue weighted by Gasteiger charge is 2.16. The fourth-order valence-corrected chi connectivity index (χ4v) is 2.26. The van der Waals surface area contributed by atoms with Crippen LogP contribution in [0.4, 0.5) is 8.78 Å². The predicted molar refractivity (Wildman–Crippen MR) is 79.2 cm³/mol. The van der Waals surface area contributed by atoms with Crippen molar-refractivity contribution in [3.63, 3.8) is 0 Å². The smallest absolute Gasteiger partial charge is 0.142 e. The summed E-state index contributed by atoms with van der Waals surface area (Å²) in [5.41, 5.74) is 0.767. The van der Waals surface area contributed by atoms with Crippen LogP contribution in [0.3, 0.4) is 0 Å². The number of aliphatic hydroxyl groups is 1. The molecule has 0 spiro atoms. The van der Waals surface area contributed by atoms with Crippen LogP contribution in [0.15, 0.2) is 36.4 Å². The van der Waals surface area contributed by atoms with Crippen LogP contribution < -0.4 is 0 Å². The van der Waals surface area contributed by atoms with E-state index in [1.165, 1.54) is 0 Å². The number of rotatable bonds is 3. The summed E-state index contributed by atoms with van der Waals surface area (Å²) in [4.78, 5) is 0. The van der Waals surface area contributed by atoms with Gasteiger partial charge in [0.2, 0.25) is 0 Å². The highest BCUT2D eigenvalue weighted by molar-refractivity contribution is 14.1. The Morgan fingerprint density at radius 3 is 2.37 bits per heavy atom. The van der Waals surface area contributed by atoms with E-state index in [1.807, 2.05) is 24.3 Å². The Labute approximate surface area is 128 Å². The molecule has 2 rings (SSSR count). The standard InChI is InChI=1S/C14H10ClF2IO/c15-11-7-12(16)10(6-13(11)17)14(19)5-8-1-3-9(18)4-2-8/h1-4,6-7,14,19H,5H2. The Bertz CT molecular complexity index is 587. The van der Waals surface area contributed by atoms with Gasteiger partial charge in [0.15, 0.2) is 0 Å². The molecule has 5 heteroatoms. The Balaban J connectivity index is 2.22. The predicted octanol–water partition coefficient (Wildman–Crippen LogP) is 4.50. The number of hydrogen-bond donors (Lipinski definition) is 1. The highest BCUT2D eigenvalue weighted by atomic mass is 127. The van der Waals surface area contributed by atoms with Gasteiger partial charge in [0, 0.05) is 15.6 Å². The number of hydrogen-bond acceptors (Lipinski definition) is 1. The molecule has 1 N–H and O–H groups in total. The van der Waals surface area contributed by atoms with Crippen molar-refractivity contribution >= 4 is 34.2 Å². The molecule has 0 bridgehead atoms. The van der Waals surface area contributed by atoms with Crippen molar-refractivity contribution in [1.82, 2.24) is 0 Å². The average Bonchev–Trinajstić information content (AvgIpc) is 2.36. The second-order valence-electron chi connectivity index (χ2n) is 4.13. The van der Waals surface area contributed by atoms with Gasteiger partial charge in [-0.2, -0.15) is 0 Å². The maximum atomic E-state index is 13.6. The van der Waals surface area contributed by atoms with Crippen molar-refractivity contribution < 1.29 is 13.9 Å². The molecule has 0 aliphatic carbocycles. The van der Waals surface area contributed by atoms with Crippen molar-refractivity contribution in [2.75, 3.05) is 0 Å². The number of halogens is 4. The molecule has 0 amide bonds. The molecule has 1 atom stereocenters. The summed E-state index contributed by atoms with van der Waals surface area (Å²) in [6.07, 6.45) is -0.888. The van der Waals surface area contributed by atoms with Crippen LogP contribution in [0.25, 0.3) is 0 Å². The zero-order valence-corrected chi connectivity index (χ0v) is 12.6. The van der Waals surface area contributed by atoms with Gasteiger partial charge in [-0.25, -0.2) is 8.78 Å². The van der Waals surface area contributed by atoms with Gasteiger partial charge < -0.3 is 5.11 Å². The third kappa shape index (κ3) is 3.64. The van der Waals surface area contributed by atoms with Gasteiger partial charge in [-0.05, 0) is 52.4 Å². The van der Waals surface area contributed by atoms with Crippen LogP contribution in [-0.2, 0) is 6.42 Å². The molecule has 2 aromatic carbocycles. The minimum atomic E-state index is -1.10. The zero-order chi connectivity index (χ0) is 14.0. The molecule has 2 aromatic rings. The molecule has 1 nitrogen and oxygen atoms in total. The first-order valence-corrected chi connectivity index (χ1v) is 7.00. The quantitative estimate of drug-likeness (QED) is 0.600. The van der Waals surface area contributed by atoms with Gasteiger partial charge >= 0.3 is 0 Å². The molecule has 100 valence electrons. The summed E-state index contributed by atoms with van der Waals surface area (Å²) in [7, 11) is 0. The minimum Gasteiger partial charge on any atom is -0.388 e. The zero-order valence-electron chi connectivity index (χ0n) is 9.71. The van der Waals surface area contributed by atoms with Crippen LogP contribution in [0.2, 0.25) is 5.02 Å². The van der Waals surface area contributed by atoms with Crippen molar-refractivity contribution in [2.24, 2.45) is 0 Å². The molecular formula is C14H10ClF2IO. The van der Waals surface area contributed by atoms with Gasteiger partial charge in [-0.3, -0.25) is 0 Å². The van der Waals surface area contributed by atoms with E-state index in [0.29, 0.717) is 0 Å². The van der Waals surface area contributed by atoms with Gasteiger partial charge in [0.05, 0.1) is 11.1 Å². The molecule has 0 aromatic heterocycles. The van der Waals surface area contributed by atoms with E-state index in [9.17, 15) is 13.9 Å². The lowest BCUT2D eigenvalue weighted by molar-refractivity contribution is 0.173. The lowest BCUT2D eigenvalue weighted by Crippen LogP contribution is -2.05. The molecular weight excluding hydrogens is 385 g/mol. The van der Waals surface area contributed by atoms with E-state index in [4.69, 9.17) is 11.6 Å². The van der Waals surface area contributed by atoms with E-state index in [1.54, 1.807) is 0 Å². The first kappa shape index (κ1) is 14.7. The average molecular weight is 395 g/mol. The van der Waals surface area contributed by atoms with Crippen LogP contribution >= 0.6 is 34.2 Å². The molecule has 0 fully saturated rings. The van der Waals surface area contributed by atoms with E-state index >= 15 is 0 Å². The molecule has 1 unspecified atom stereocenters. The summed E-state index contributed by atoms with van der Waals surface area (Å²) >= 11 is 7.64. The van der Waals surface area contributed by atoms with Crippen molar-refractivity contribution in [1.29, 1.82) is 0 Å². The minimum absolute atomic E-state index is 0.0829. The van der Waals surface area contributed by atoms with Crippen LogP contribution in [-0.4, -0.2) is 5.11 Å². The monoisotopic (exact) mass is 394 g/mol. The molecule has 0 saturated carbocycles. The van der Waals surface area contributed by atoms with Gasteiger partial charge in [0.25, 0.3) is 0 Å². The fourth-order valence-electron chi connectivity index (χ4n) is 1.75. The molecule has 0 saturated heterocycles. The third-order valence-corrected chi connectivity index (χ3v) is 3.75. The molecule has 0 heterocycles. The fraction of sp³-hybridized carbons (Fsp3) is 0.143. The van der Waals surface area contributed by atoms with Gasteiger partial charge in [-0.1, -0.05) is 23.7 Å². The maximum absolute atomic E-state index is 13.6. The number of aliphatic hydroxyl groups excluding tert-OH is 1. The Kier molecular flexibility index (Phi) is 4.76. The summed E-state index contributed by atoms with van der Waals surface area (Å²) < 4.78 is 28.0. The topological polar surface area (TPSA) is 20.2 Å². The van der Waals surface area contributed by atoms with Crippen LogP contribution in [0, 0.1) is 15.2 Å². The van der Waals surface area contributed by atoms with Gasteiger partial charge in [0.1, 0.15) is 11.6 Å². The summed E-state index contributed by atoms with van der Waals surface area (Å²) in [5, 5.41) is 9.70. The van der Waals surface area contributed by atoms with E-state index < -0.39 is 17.7 Å². The molecule has 0 radical (unpaired) electrons. The first-order chi connectivity index (χ1) is 8.97. The SMILES string of the molecule is OC(Cc1ccc(I)cc1)c1cc(F)c(Cl)cc1F. The summed E-state index contributed by atoms with van der Waals surface area (Å²) in [6.45, 7) is 0. The van der Waals surface area contributed by atoms with Crippen LogP contribution in [0.5, 0.6) is 0 Å². The van der Waals surface area contributed by atoms with Gasteiger partial charge in [-0.15, -0.1) is 0 Å². The normalized spacial score (nSPS) is 12.5. The molecule has 19 heavy (non-hydrogen) atoms. The lowest BCUT2D eigenvalue weighted by Gasteiger charge is -2.13. The Hall–Kier alpha value is -0.720. The summed E-state index contributed by atoms with van der Waals surface area (Å²) in [5.74, 6) is -1.44. The lowest BCUT2D eigenvalue weighted by atomic mass is 10.0. The van der Waals surface area contributed by atoms with Crippen LogP contribution in [0.1, 0.15) is 17.2 Å². The van der Waals surface area contributed by atoms with E-state index in [2.05, 4.69) is 22.6 Å². The largest absolute Gasteiger partial charge is 0.388 e. The molecule has 0 aliphatic rings.